The van der Waals surface area contributed by atoms with E-state index in [0.717, 1.165) is 0 Å². The molecule has 0 saturated carbocycles. The zero-order valence-corrected chi connectivity index (χ0v) is 23.1. The van der Waals surface area contributed by atoms with Gasteiger partial charge in [-0.15, -0.1) is 0 Å². The molecule has 0 aromatic rings. The third-order valence-corrected chi connectivity index (χ3v) is 0.144. The van der Waals surface area contributed by atoms with E-state index in [-0.39, 0.29) is 210 Å². The summed E-state index contributed by atoms with van der Waals surface area (Å²) in [5.74, 6) is 0. The fourth-order valence-corrected chi connectivity index (χ4v) is 0. The van der Waals surface area contributed by atoms with E-state index in [1.54, 1.807) is 0 Å². The predicted octanol–water partition coefficient (Wildman–Crippen LogP) is 1.26. The van der Waals surface area contributed by atoms with Crippen molar-refractivity contribution in [2.45, 2.75) is 7.43 Å². The molecule has 1 N–H and O–H groups in total. The van der Waals surface area contributed by atoms with Gasteiger partial charge in [0.1, 0.15) is 0 Å². The van der Waals surface area contributed by atoms with Crippen LogP contribution in [0.25, 0.3) is 5.73 Å². The molecule has 0 aromatic heterocycles. The van der Waals surface area contributed by atoms with E-state index in [1.807, 2.05) is 0 Å². The van der Waals surface area contributed by atoms with Crippen molar-refractivity contribution in [2.24, 2.45) is 0 Å². The van der Waals surface area contributed by atoms with Gasteiger partial charge in [0.25, 0.3) is 0 Å². The number of hydrogen-bond acceptors (Lipinski definition) is 1. The van der Waals surface area contributed by atoms with Crippen molar-refractivity contribution in [3.8, 4) is 0 Å². The molecule has 8 heteroatoms. The summed E-state index contributed by atoms with van der Waals surface area (Å²) in [6.45, 7) is 0.0694. The van der Waals surface area contributed by atoms with Crippen LogP contribution in [-0.2, 0) is 201 Å². The Bertz CT molecular complexity index is 19.8. The maximum Gasteiger partial charge on any atom is 0.0331 e. The number of hydrogen-bond donors (Lipinski definition) is 0. The van der Waals surface area contributed by atoms with Gasteiger partial charge in [0.05, 0.1) is 0 Å². The summed E-state index contributed by atoms with van der Waals surface area (Å²) in [6, 6.07) is 0. The van der Waals surface area contributed by atoms with Gasteiger partial charge in [-0.2, -0.15) is 0 Å². The van der Waals surface area contributed by atoms with E-state index < -0.39 is 0 Å². The van der Waals surface area contributed by atoms with Gasteiger partial charge in [-0.1, -0.05) is 7.43 Å². The van der Waals surface area contributed by atoms with Crippen molar-refractivity contribution in [3.05, 3.63) is 5.73 Å². The van der Waals surface area contributed by atoms with Crippen LogP contribution in [0.5, 0.6) is 0 Å². The minimum Gasteiger partial charge on any atom is -0.655 e. The number of rotatable bonds is 1. The SMILES string of the molecule is C.COC[NH-].[Y].[Y].[Y].[Y].[Y].[Y]. The number of ether oxygens (including phenoxy) is 1. The summed E-state index contributed by atoms with van der Waals surface area (Å²) in [4.78, 5) is 0. The fraction of sp³-hybridized carbons (Fsp3) is 1.00. The second-order valence-corrected chi connectivity index (χ2v) is 0.433. The van der Waals surface area contributed by atoms with Crippen LogP contribution in [0, 0.1) is 0 Å². The Hall–Kier alpha value is 6.54. The molecule has 2 nitrogen and oxygen atoms in total. The van der Waals surface area contributed by atoms with Gasteiger partial charge in [-0.25, -0.2) is 0 Å². The van der Waals surface area contributed by atoms with Crippen LogP contribution in [0.15, 0.2) is 0 Å². The minimum atomic E-state index is 0. The Morgan fingerprint density at radius 3 is 1.00 bits per heavy atom. The van der Waals surface area contributed by atoms with E-state index in [1.165, 1.54) is 7.11 Å². The largest absolute Gasteiger partial charge is 0.655 e. The minimum absolute atomic E-state index is 0. The molecule has 0 fully saturated rings. The average molecular weight is 610 g/mol. The zero-order valence-electron chi connectivity index (χ0n) is 6.08. The maximum absolute atomic E-state index is 6.23. The van der Waals surface area contributed by atoms with Gasteiger partial charge in [0.15, 0.2) is 0 Å². The van der Waals surface area contributed by atoms with Crippen LogP contribution < -0.4 is 0 Å². The van der Waals surface area contributed by atoms with Crippen LogP contribution >= 0.6 is 0 Å². The normalized spacial score (nSPS) is 2.73. The first-order valence-corrected chi connectivity index (χ1v) is 1.05. The Labute approximate surface area is 221 Å². The Kier molecular flexibility index (Phi) is 262. The Morgan fingerprint density at radius 1 is 0.909 bits per heavy atom. The number of nitrogens with one attached hydrogen (secondary N) is 1. The fourth-order valence-electron chi connectivity index (χ4n) is 0. The van der Waals surface area contributed by atoms with Crippen LogP contribution in [0.1, 0.15) is 7.43 Å². The molecule has 0 heterocycles. The van der Waals surface area contributed by atoms with E-state index in [2.05, 4.69) is 4.74 Å². The summed E-state index contributed by atoms with van der Waals surface area (Å²) in [6.07, 6.45) is 0. The summed E-state index contributed by atoms with van der Waals surface area (Å²) >= 11 is 0. The molecule has 0 aliphatic rings. The van der Waals surface area contributed by atoms with E-state index in [0.29, 0.717) is 0 Å². The molecule has 6 radical (unpaired) electrons. The Balaban J connectivity index is -0.00000000214. The maximum atomic E-state index is 6.23. The van der Waals surface area contributed by atoms with Crippen molar-refractivity contribution in [1.29, 1.82) is 0 Å². The van der Waals surface area contributed by atoms with Gasteiger partial charge in [-0.05, 0) is 6.73 Å². The molecule has 0 atom stereocenters. The topological polar surface area (TPSA) is 33.0 Å². The number of methoxy groups -OCH3 is 1. The standard InChI is InChI=1S/C2H6NO.CH4.6Y/c1-4-2-3;;;;;;;/h3H,2H2,1H3;1H4;;;;;;/q-1;;;;;;;. The van der Waals surface area contributed by atoms with Crippen molar-refractivity contribution in [3.63, 3.8) is 0 Å². The van der Waals surface area contributed by atoms with Crippen molar-refractivity contribution in [2.75, 3.05) is 13.8 Å². The van der Waals surface area contributed by atoms with Gasteiger partial charge in [0, 0.05) is 203 Å². The molecular weight excluding hydrogens is 599 g/mol. The van der Waals surface area contributed by atoms with Crippen molar-refractivity contribution in [1.82, 2.24) is 0 Å². The van der Waals surface area contributed by atoms with E-state index >= 15 is 0 Å². The summed E-state index contributed by atoms with van der Waals surface area (Å²) in [5.41, 5.74) is 6.23. The molecule has 0 spiro atoms. The van der Waals surface area contributed by atoms with Crippen LogP contribution in [-0.4, -0.2) is 13.8 Å². The Morgan fingerprint density at radius 2 is 1.00 bits per heavy atom. The zero-order chi connectivity index (χ0) is 3.41. The van der Waals surface area contributed by atoms with Crippen molar-refractivity contribution < 1.29 is 201 Å². The molecule has 0 rings (SSSR count). The van der Waals surface area contributed by atoms with E-state index in [9.17, 15) is 0 Å². The molecular formula is C3H10NOY6-. The molecule has 0 aromatic carbocycles. The van der Waals surface area contributed by atoms with Gasteiger partial charge >= 0.3 is 0 Å². The molecule has 0 unspecified atom stereocenters. The molecule has 0 bridgehead atoms. The molecule has 0 aliphatic carbocycles. The van der Waals surface area contributed by atoms with Crippen LogP contribution in [0.3, 0.4) is 0 Å². The smallest absolute Gasteiger partial charge is 0.0331 e. The monoisotopic (exact) mass is 610 g/mol. The van der Waals surface area contributed by atoms with Crippen LogP contribution in [0.2, 0.25) is 0 Å². The second-order valence-electron chi connectivity index (χ2n) is 0.433. The van der Waals surface area contributed by atoms with Crippen molar-refractivity contribution >= 4 is 0 Å². The predicted molar refractivity (Wildman–Crippen MR) is 22.9 cm³/mol. The molecule has 0 aliphatic heterocycles. The quantitative estimate of drug-likeness (QED) is 0.441. The van der Waals surface area contributed by atoms with E-state index in [4.69, 9.17) is 5.73 Å². The molecule has 0 amide bonds. The first kappa shape index (κ1) is 52.7. The van der Waals surface area contributed by atoms with Gasteiger partial charge < -0.3 is 10.5 Å². The molecule has 11 heavy (non-hydrogen) atoms. The van der Waals surface area contributed by atoms with Gasteiger partial charge in [-0.3, -0.25) is 0 Å². The first-order chi connectivity index (χ1) is 1.91. The molecule has 52 valence electrons. The third-order valence-electron chi connectivity index (χ3n) is 0.144. The first-order valence-electron chi connectivity index (χ1n) is 1.05. The average Bonchev–Trinajstić information content (AvgIpc) is 1.37. The van der Waals surface area contributed by atoms with Crippen LogP contribution in [0.4, 0.5) is 0 Å². The third kappa shape index (κ3) is 61.5. The molecule has 0 saturated heterocycles. The van der Waals surface area contributed by atoms with Gasteiger partial charge in [0.2, 0.25) is 0 Å². The summed E-state index contributed by atoms with van der Waals surface area (Å²) in [7, 11) is 1.49. The summed E-state index contributed by atoms with van der Waals surface area (Å²) in [5, 5.41) is 0. The summed E-state index contributed by atoms with van der Waals surface area (Å²) < 4.78 is 4.21. The second kappa shape index (κ2) is 54.8.